The lowest BCUT2D eigenvalue weighted by Crippen LogP contribution is -2.19. The Labute approximate surface area is 165 Å². The Bertz CT molecular complexity index is 685. The van der Waals surface area contributed by atoms with Crippen molar-refractivity contribution in [3.8, 4) is 5.75 Å². The standard InChI is InChI=1S/C23H30F4O/c1-2-3-4-16-5-7-17(8-6-16)9-10-18-11-13-20-19(15-18)12-14-21(22(20)24)28-23(25,26)27/h12,14-17H,2-11,13H2,1H3. The van der Waals surface area contributed by atoms with Gasteiger partial charge in [0.1, 0.15) is 0 Å². The third kappa shape index (κ3) is 5.74. The minimum absolute atomic E-state index is 0.335. The summed E-state index contributed by atoms with van der Waals surface area (Å²) < 4.78 is 55.3. The SMILES string of the molecule is CCCCC1CCC(CCC2=Cc3ccc(OC(F)(F)F)c(F)c3CC2)CC1. The molecule has 0 amide bonds. The van der Waals surface area contributed by atoms with Gasteiger partial charge in [-0.15, -0.1) is 13.2 Å². The van der Waals surface area contributed by atoms with Gasteiger partial charge in [-0.25, -0.2) is 4.39 Å². The second-order valence-corrected chi connectivity index (χ2v) is 8.36. The molecule has 1 saturated carbocycles. The molecule has 0 heterocycles. The first-order valence-electron chi connectivity index (χ1n) is 10.6. The highest BCUT2D eigenvalue weighted by atomic mass is 19.4. The van der Waals surface area contributed by atoms with Gasteiger partial charge in [0.05, 0.1) is 0 Å². The molecule has 0 saturated heterocycles. The Balaban J connectivity index is 1.54. The minimum Gasteiger partial charge on any atom is -0.403 e. The fourth-order valence-corrected chi connectivity index (χ4v) is 4.67. The van der Waals surface area contributed by atoms with Crippen molar-refractivity contribution in [2.45, 2.75) is 83.9 Å². The molecule has 28 heavy (non-hydrogen) atoms. The van der Waals surface area contributed by atoms with E-state index in [0.29, 0.717) is 24.0 Å². The lowest BCUT2D eigenvalue weighted by molar-refractivity contribution is -0.275. The number of ether oxygens (including phenoxy) is 1. The van der Waals surface area contributed by atoms with Gasteiger partial charge in [0, 0.05) is 0 Å². The van der Waals surface area contributed by atoms with Gasteiger partial charge >= 0.3 is 6.36 Å². The van der Waals surface area contributed by atoms with E-state index in [4.69, 9.17) is 0 Å². The zero-order valence-corrected chi connectivity index (χ0v) is 16.6. The van der Waals surface area contributed by atoms with E-state index in [-0.39, 0.29) is 0 Å². The molecular weight excluding hydrogens is 368 g/mol. The number of alkyl halides is 3. The lowest BCUT2D eigenvalue weighted by atomic mass is 9.77. The highest BCUT2D eigenvalue weighted by Crippen LogP contribution is 2.38. The molecular formula is C23H30F4O. The van der Waals surface area contributed by atoms with Crippen molar-refractivity contribution in [3.05, 3.63) is 34.6 Å². The number of halogens is 4. The Kier molecular flexibility index (Phi) is 7.05. The molecule has 1 aromatic rings. The minimum atomic E-state index is -4.87. The Hall–Kier alpha value is -1.52. The fraction of sp³-hybridized carbons (Fsp3) is 0.652. The van der Waals surface area contributed by atoms with E-state index in [1.807, 2.05) is 6.08 Å². The second-order valence-electron chi connectivity index (χ2n) is 8.36. The summed E-state index contributed by atoms with van der Waals surface area (Å²) in [5.41, 5.74) is 2.31. The number of hydrogen-bond acceptors (Lipinski definition) is 1. The zero-order chi connectivity index (χ0) is 20.1. The van der Waals surface area contributed by atoms with Crippen LogP contribution in [0.3, 0.4) is 0 Å². The monoisotopic (exact) mass is 398 g/mol. The quantitative estimate of drug-likeness (QED) is 0.425. The van der Waals surface area contributed by atoms with Gasteiger partial charge in [-0.3, -0.25) is 0 Å². The van der Waals surface area contributed by atoms with E-state index < -0.39 is 17.9 Å². The summed E-state index contributed by atoms with van der Waals surface area (Å²) in [4.78, 5) is 0. The van der Waals surface area contributed by atoms with Crippen LogP contribution in [0.4, 0.5) is 17.6 Å². The predicted molar refractivity (Wildman–Crippen MR) is 104 cm³/mol. The van der Waals surface area contributed by atoms with Gasteiger partial charge in [-0.2, -0.15) is 0 Å². The summed E-state index contributed by atoms with van der Waals surface area (Å²) in [5, 5.41) is 0. The average Bonchev–Trinajstić information content (AvgIpc) is 2.67. The summed E-state index contributed by atoms with van der Waals surface area (Å²) in [7, 11) is 0. The molecule has 1 nitrogen and oxygen atoms in total. The van der Waals surface area contributed by atoms with Crippen molar-refractivity contribution < 1.29 is 22.3 Å². The molecule has 5 heteroatoms. The Morgan fingerprint density at radius 1 is 1.00 bits per heavy atom. The smallest absolute Gasteiger partial charge is 0.403 e. The number of fused-ring (bicyclic) bond motifs is 1. The molecule has 0 N–H and O–H groups in total. The van der Waals surface area contributed by atoms with Crippen LogP contribution >= 0.6 is 0 Å². The van der Waals surface area contributed by atoms with Crippen molar-refractivity contribution in [2.75, 3.05) is 0 Å². The van der Waals surface area contributed by atoms with Crippen LogP contribution in [0.15, 0.2) is 17.7 Å². The van der Waals surface area contributed by atoms with Crippen molar-refractivity contribution in [2.24, 2.45) is 11.8 Å². The van der Waals surface area contributed by atoms with E-state index in [9.17, 15) is 17.6 Å². The second kappa shape index (κ2) is 9.32. The first-order chi connectivity index (χ1) is 13.4. The van der Waals surface area contributed by atoms with E-state index in [0.717, 1.165) is 24.3 Å². The predicted octanol–water partition coefficient (Wildman–Crippen LogP) is 7.83. The Morgan fingerprint density at radius 2 is 1.68 bits per heavy atom. The number of benzene rings is 1. The van der Waals surface area contributed by atoms with Gasteiger partial charge in [-0.05, 0) is 54.7 Å². The molecule has 3 rings (SSSR count). The van der Waals surface area contributed by atoms with Gasteiger partial charge in [0.15, 0.2) is 11.6 Å². The summed E-state index contributed by atoms with van der Waals surface area (Å²) >= 11 is 0. The lowest BCUT2D eigenvalue weighted by Gasteiger charge is -2.29. The number of unbranched alkanes of at least 4 members (excludes halogenated alkanes) is 1. The van der Waals surface area contributed by atoms with Crippen molar-refractivity contribution >= 4 is 6.08 Å². The highest BCUT2D eigenvalue weighted by molar-refractivity contribution is 5.61. The first kappa shape index (κ1) is 21.2. The summed E-state index contributed by atoms with van der Waals surface area (Å²) in [6, 6.07) is 2.62. The van der Waals surface area contributed by atoms with Crippen molar-refractivity contribution in [3.63, 3.8) is 0 Å². The summed E-state index contributed by atoms with van der Waals surface area (Å²) in [5.74, 6) is 0.0750. The van der Waals surface area contributed by atoms with Gasteiger partial charge < -0.3 is 4.74 Å². The van der Waals surface area contributed by atoms with E-state index in [2.05, 4.69) is 11.7 Å². The maximum atomic E-state index is 14.4. The van der Waals surface area contributed by atoms with E-state index in [1.54, 1.807) is 0 Å². The third-order valence-corrected chi connectivity index (χ3v) is 6.33. The van der Waals surface area contributed by atoms with Crippen molar-refractivity contribution in [1.82, 2.24) is 0 Å². The molecule has 0 aliphatic heterocycles. The molecule has 156 valence electrons. The van der Waals surface area contributed by atoms with Gasteiger partial charge in [0.2, 0.25) is 0 Å². The van der Waals surface area contributed by atoms with Gasteiger partial charge in [0.25, 0.3) is 0 Å². The molecule has 0 radical (unpaired) electrons. The average molecular weight is 398 g/mol. The van der Waals surface area contributed by atoms with E-state index in [1.165, 1.54) is 63.0 Å². The molecule has 1 fully saturated rings. The molecule has 2 aliphatic rings. The van der Waals surface area contributed by atoms with Crippen LogP contribution in [0.1, 0.15) is 82.3 Å². The fourth-order valence-electron chi connectivity index (χ4n) is 4.67. The van der Waals surface area contributed by atoms with Gasteiger partial charge in [-0.1, -0.05) is 69.6 Å². The first-order valence-corrected chi connectivity index (χ1v) is 10.6. The number of hydrogen-bond donors (Lipinski definition) is 0. The normalized spacial score (nSPS) is 22.5. The maximum absolute atomic E-state index is 14.4. The number of rotatable bonds is 7. The summed E-state index contributed by atoms with van der Waals surface area (Å²) in [6.07, 6.45) is 9.72. The largest absolute Gasteiger partial charge is 0.573 e. The van der Waals surface area contributed by atoms with Crippen LogP contribution in [0.25, 0.3) is 6.08 Å². The highest BCUT2D eigenvalue weighted by Gasteiger charge is 2.33. The molecule has 2 aliphatic carbocycles. The topological polar surface area (TPSA) is 9.23 Å². The molecule has 1 aromatic carbocycles. The molecule has 0 bridgehead atoms. The molecule has 0 atom stereocenters. The molecule has 0 unspecified atom stereocenters. The zero-order valence-electron chi connectivity index (χ0n) is 16.6. The van der Waals surface area contributed by atoms with Crippen LogP contribution in [0.5, 0.6) is 5.75 Å². The van der Waals surface area contributed by atoms with Crippen LogP contribution < -0.4 is 4.74 Å². The van der Waals surface area contributed by atoms with Crippen LogP contribution in [-0.4, -0.2) is 6.36 Å². The summed E-state index contributed by atoms with van der Waals surface area (Å²) in [6.45, 7) is 2.25. The Morgan fingerprint density at radius 3 is 2.32 bits per heavy atom. The van der Waals surface area contributed by atoms with Crippen LogP contribution in [-0.2, 0) is 6.42 Å². The number of allylic oxidation sites excluding steroid dienone is 1. The maximum Gasteiger partial charge on any atom is 0.573 e. The molecule has 0 spiro atoms. The van der Waals surface area contributed by atoms with E-state index >= 15 is 0 Å². The van der Waals surface area contributed by atoms with Crippen LogP contribution in [0.2, 0.25) is 0 Å². The van der Waals surface area contributed by atoms with Crippen LogP contribution in [0, 0.1) is 17.7 Å². The van der Waals surface area contributed by atoms with Crippen molar-refractivity contribution in [1.29, 1.82) is 0 Å². The third-order valence-electron chi connectivity index (χ3n) is 6.33. The molecule has 0 aromatic heterocycles.